The Morgan fingerprint density at radius 2 is 2.18 bits per heavy atom. The van der Waals surface area contributed by atoms with Crippen molar-refractivity contribution in [1.29, 1.82) is 5.26 Å². The molecule has 2 atom stereocenters. The van der Waals surface area contributed by atoms with Crippen molar-refractivity contribution in [2.75, 3.05) is 0 Å². The van der Waals surface area contributed by atoms with E-state index in [2.05, 4.69) is 6.07 Å². The van der Waals surface area contributed by atoms with E-state index in [-0.39, 0.29) is 5.92 Å². The molecule has 0 amide bonds. The molecule has 0 spiro atoms. The predicted molar refractivity (Wildman–Crippen MR) is 65.2 cm³/mol. The number of aliphatic hydroxyl groups excluding tert-OH is 1. The standard InChI is InChI=1S/C14H15NO2/c1-2-5-10(8-15)14(16)12-9-17-13-7-4-3-6-11(12)13/h3-4,6-7,9-10,14,16H,2,5H2,1H3. The molecular weight excluding hydrogens is 214 g/mol. The van der Waals surface area contributed by atoms with Crippen molar-refractivity contribution in [1.82, 2.24) is 0 Å². The normalized spacial score (nSPS) is 14.4. The van der Waals surface area contributed by atoms with E-state index in [4.69, 9.17) is 9.68 Å². The number of fused-ring (bicyclic) bond motifs is 1. The van der Waals surface area contributed by atoms with Crippen LogP contribution in [0.5, 0.6) is 0 Å². The van der Waals surface area contributed by atoms with E-state index < -0.39 is 6.10 Å². The third kappa shape index (κ3) is 2.17. The number of para-hydroxylation sites is 1. The number of nitrogens with zero attached hydrogens (tertiary/aromatic N) is 1. The molecule has 3 heteroatoms. The number of rotatable bonds is 4. The van der Waals surface area contributed by atoms with Crippen molar-refractivity contribution >= 4 is 11.0 Å². The second-order valence-corrected chi connectivity index (χ2v) is 4.16. The van der Waals surface area contributed by atoms with E-state index in [1.54, 1.807) is 6.26 Å². The van der Waals surface area contributed by atoms with Crippen LogP contribution < -0.4 is 0 Å². The first-order valence-electron chi connectivity index (χ1n) is 5.81. The molecule has 0 bridgehead atoms. The van der Waals surface area contributed by atoms with E-state index in [0.717, 1.165) is 17.4 Å². The van der Waals surface area contributed by atoms with Crippen LogP contribution in [-0.2, 0) is 0 Å². The van der Waals surface area contributed by atoms with Gasteiger partial charge in [0.15, 0.2) is 0 Å². The second kappa shape index (κ2) is 5.03. The Labute approximate surface area is 100 Å². The minimum Gasteiger partial charge on any atom is -0.464 e. The number of benzene rings is 1. The Kier molecular flexibility index (Phi) is 3.46. The lowest BCUT2D eigenvalue weighted by Crippen LogP contribution is -2.10. The molecule has 0 aliphatic rings. The third-order valence-corrected chi connectivity index (χ3v) is 2.98. The molecule has 0 saturated carbocycles. The van der Waals surface area contributed by atoms with Gasteiger partial charge in [-0.2, -0.15) is 5.26 Å². The Morgan fingerprint density at radius 3 is 2.88 bits per heavy atom. The number of hydrogen-bond acceptors (Lipinski definition) is 3. The average molecular weight is 229 g/mol. The van der Waals surface area contributed by atoms with Gasteiger partial charge in [-0.1, -0.05) is 31.5 Å². The van der Waals surface area contributed by atoms with Gasteiger partial charge in [-0.3, -0.25) is 0 Å². The highest BCUT2D eigenvalue weighted by Crippen LogP contribution is 2.32. The molecule has 0 fully saturated rings. The van der Waals surface area contributed by atoms with E-state index in [9.17, 15) is 5.11 Å². The van der Waals surface area contributed by atoms with Gasteiger partial charge in [-0.25, -0.2) is 0 Å². The van der Waals surface area contributed by atoms with Gasteiger partial charge >= 0.3 is 0 Å². The molecule has 0 aliphatic heterocycles. The molecule has 0 saturated heterocycles. The molecule has 0 radical (unpaired) electrons. The van der Waals surface area contributed by atoms with Crippen LogP contribution in [-0.4, -0.2) is 5.11 Å². The SMILES string of the molecule is CCCC(C#N)C(O)c1coc2ccccc12. The molecule has 1 aromatic heterocycles. The fraction of sp³-hybridized carbons (Fsp3) is 0.357. The molecule has 3 nitrogen and oxygen atoms in total. The first-order valence-corrected chi connectivity index (χ1v) is 5.81. The van der Waals surface area contributed by atoms with Crippen LogP contribution >= 0.6 is 0 Å². The lowest BCUT2D eigenvalue weighted by Gasteiger charge is -2.14. The van der Waals surface area contributed by atoms with Gasteiger partial charge in [0.25, 0.3) is 0 Å². The zero-order valence-electron chi connectivity index (χ0n) is 9.76. The molecule has 2 aromatic rings. The first-order chi connectivity index (χ1) is 8.27. The summed E-state index contributed by atoms with van der Waals surface area (Å²) in [6.45, 7) is 2.00. The summed E-state index contributed by atoms with van der Waals surface area (Å²) in [5.74, 6) is -0.374. The summed E-state index contributed by atoms with van der Waals surface area (Å²) in [4.78, 5) is 0. The van der Waals surface area contributed by atoms with Crippen molar-refractivity contribution < 1.29 is 9.52 Å². The van der Waals surface area contributed by atoms with E-state index in [0.29, 0.717) is 12.0 Å². The maximum atomic E-state index is 10.2. The fourth-order valence-corrected chi connectivity index (χ4v) is 2.05. The van der Waals surface area contributed by atoms with Crippen molar-refractivity contribution in [3.05, 3.63) is 36.1 Å². The minimum absolute atomic E-state index is 0.374. The Balaban J connectivity index is 2.36. The molecule has 2 unspecified atom stereocenters. The summed E-state index contributed by atoms with van der Waals surface area (Å²) < 4.78 is 5.37. The maximum Gasteiger partial charge on any atom is 0.134 e. The molecule has 2 rings (SSSR count). The Hall–Kier alpha value is -1.79. The fourth-order valence-electron chi connectivity index (χ4n) is 2.05. The van der Waals surface area contributed by atoms with Gasteiger partial charge in [0, 0.05) is 10.9 Å². The monoisotopic (exact) mass is 229 g/mol. The van der Waals surface area contributed by atoms with Crippen LogP contribution in [0.15, 0.2) is 34.9 Å². The Bertz CT molecular complexity index is 538. The minimum atomic E-state index is -0.774. The zero-order valence-corrected chi connectivity index (χ0v) is 9.76. The summed E-state index contributed by atoms with van der Waals surface area (Å²) in [7, 11) is 0. The van der Waals surface area contributed by atoms with Gasteiger partial charge in [0.05, 0.1) is 24.4 Å². The van der Waals surface area contributed by atoms with Crippen molar-refractivity contribution in [3.63, 3.8) is 0 Å². The van der Waals surface area contributed by atoms with E-state index >= 15 is 0 Å². The molecular formula is C14H15NO2. The maximum absolute atomic E-state index is 10.2. The van der Waals surface area contributed by atoms with Gasteiger partial charge in [-0.15, -0.1) is 0 Å². The quantitative estimate of drug-likeness (QED) is 0.874. The summed E-state index contributed by atoms with van der Waals surface area (Å²) in [5, 5.41) is 20.2. The Morgan fingerprint density at radius 1 is 1.41 bits per heavy atom. The highest BCUT2D eigenvalue weighted by Gasteiger charge is 2.23. The zero-order chi connectivity index (χ0) is 12.3. The number of aliphatic hydroxyl groups is 1. The topological polar surface area (TPSA) is 57.2 Å². The molecule has 17 heavy (non-hydrogen) atoms. The smallest absolute Gasteiger partial charge is 0.134 e. The van der Waals surface area contributed by atoms with Crippen molar-refractivity contribution in [2.24, 2.45) is 5.92 Å². The summed E-state index contributed by atoms with van der Waals surface area (Å²) in [6.07, 6.45) is 2.35. The lowest BCUT2D eigenvalue weighted by molar-refractivity contribution is 0.130. The van der Waals surface area contributed by atoms with Gasteiger partial charge in [0.1, 0.15) is 5.58 Å². The van der Waals surface area contributed by atoms with Crippen molar-refractivity contribution in [2.45, 2.75) is 25.9 Å². The highest BCUT2D eigenvalue weighted by molar-refractivity contribution is 5.81. The molecule has 88 valence electrons. The lowest BCUT2D eigenvalue weighted by atomic mass is 9.93. The van der Waals surface area contributed by atoms with Crippen LogP contribution in [0.2, 0.25) is 0 Å². The largest absolute Gasteiger partial charge is 0.464 e. The molecule has 1 heterocycles. The second-order valence-electron chi connectivity index (χ2n) is 4.16. The average Bonchev–Trinajstić information content (AvgIpc) is 2.79. The van der Waals surface area contributed by atoms with Crippen molar-refractivity contribution in [3.8, 4) is 6.07 Å². The summed E-state index contributed by atoms with van der Waals surface area (Å²) >= 11 is 0. The summed E-state index contributed by atoms with van der Waals surface area (Å²) in [6, 6.07) is 9.70. The van der Waals surface area contributed by atoms with Gasteiger partial charge in [-0.05, 0) is 12.5 Å². The molecule has 1 N–H and O–H groups in total. The van der Waals surface area contributed by atoms with Gasteiger partial charge in [0.2, 0.25) is 0 Å². The van der Waals surface area contributed by atoms with E-state index in [1.165, 1.54) is 0 Å². The molecule has 0 aliphatic carbocycles. The van der Waals surface area contributed by atoms with Crippen LogP contribution in [0.25, 0.3) is 11.0 Å². The van der Waals surface area contributed by atoms with Crippen LogP contribution in [0.3, 0.4) is 0 Å². The predicted octanol–water partition coefficient (Wildman–Crippen LogP) is 3.41. The number of hydrogen-bond donors (Lipinski definition) is 1. The number of nitriles is 1. The first kappa shape index (κ1) is 11.7. The van der Waals surface area contributed by atoms with Gasteiger partial charge < -0.3 is 9.52 Å². The van der Waals surface area contributed by atoms with Crippen LogP contribution in [0.4, 0.5) is 0 Å². The molecule has 1 aromatic carbocycles. The highest BCUT2D eigenvalue weighted by atomic mass is 16.3. The van der Waals surface area contributed by atoms with Crippen LogP contribution in [0.1, 0.15) is 31.4 Å². The number of furan rings is 1. The van der Waals surface area contributed by atoms with E-state index in [1.807, 2.05) is 31.2 Å². The third-order valence-electron chi connectivity index (χ3n) is 2.98. The van der Waals surface area contributed by atoms with Crippen LogP contribution in [0, 0.1) is 17.2 Å². The summed E-state index contributed by atoms with van der Waals surface area (Å²) in [5.41, 5.74) is 1.45.